The summed E-state index contributed by atoms with van der Waals surface area (Å²) in [5.41, 5.74) is 11.0. The molecule has 2 aliphatic rings. The topological polar surface area (TPSA) is 113 Å². The van der Waals surface area contributed by atoms with Gasteiger partial charge >= 0.3 is 0 Å². The number of nitrogens with two attached hydrogens (primary N) is 1. The van der Waals surface area contributed by atoms with Crippen molar-refractivity contribution < 1.29 is 9.53 Å². The van der Waals surface area contributed by atoms with Crippen LogP contribution in [0.4, 0.5) is 5.95 Å². The Balaban J connectivity index is 1.23. The van der Waals surface area contributed by atoms with Crippen molar-refractivity contribution in [2.24, 2.45) is 0 Å². The minimum absolute atomic E-state index is 0.0713. The average molecular weight is 470 g/mol. The molecule has 0 saturated carbocycles. The van der Waals surface area contributed by atoms with Crippen molar-refractivity contribution >= 4 is 22.9 Å². The average Bonchev–Trinajstić information content (AvgIpc) is 3.32. The molecule has 35 heavy (non-hydrogen) atoms. The van der Waals surface area contributed by atoms with Crippen molar-refractivity contribution in [3.63, 3.8) is 0 Å². The number of nitrogens with one attached hydrogen (secondary N) is 1. The van der Waals surface area contributed by atoms with E-state index in [-0.39, 0.29) is 17.8 Å². The molecule has 1 fully saturated rings. The molecule has 2 aliphatic heterocycles. The predicted molar refractivity (Wildman–Crippen MR) is 133 cm³/mol. The van der Waals surface area contributed by atoms with Gasteiger partial charge in [-0.05, 0) is 55.4 Å². The second kappa shape index (κ2) is 8.66. The Hall–Kier alpha value is -3.98. The molecule has 0 radical (unpaired) electrons. The number of carbonyl (C=O) groups is 1. The van der Waals surface area contributed by atoms with E-state index in [9.17, 15) is 4.79 Å². The highest BCUT2D eigenvalue weighted by Gasteiger charge is 2.27. The summed E-state index contributed by atoms with van der Waals surface area (Å²) in [7, 11) is 2.09. The molecular weight excluding hydrogens is 442 g/mol. The number of nitrogen functional groups attached to an aromatic ring is 1. The lowest BCUT2D eigenvalue weighted by atomic mass is 9.94. The third kappa shape index (κ3) is 4.19. The second-order valence-electron chi connectivity index (χ2n) is 9.28. The molecule has 9 nitrogen and oxygen atoms in total. The first-order chi connectivity index (χ1) is 17.0. The third-order valence-electron chi connectivity index (χ3n) is 6.86. The molecule has 6 rings (SSSR count). The maximum Gasteiger partial charge on any atom is 0.253 e. The summed E-state index contributed by atoms with van der Waals surface area (Å²) < 4.78 is 6.06. The van der Waals surface area contributed by atoms with Gasteiger partial charge in [-0.3, -0.25) is 4.79 Å². The number of hydrogen-bond acceptors (Lipinski definition) is 7. The number of likely N-dealkylation sites (N-methyl/N-ethyl adjacent to an activating group) is 1. The molecule has 9 heteroatoms. The first-order valence-corrected chi connectivity index (χ1v) is 11.9. The molecule has 1 saturated heterocycles. The summed E-state index contributed by atoms with van der Waals surface area (Å²) in [6.07, 6.45) is 2.41. The fourth-order valence-corrected chi connectivity index (χ4v) is 4.81. The van der Waals surface area contributed by atoms with Crippen LogP contribution in [-0.2, 0) is 6.42 Å². The molecule has 1 unspecified atom stereocenters. The number of rotatable bonds is 3. The molecule has 178 valence electrons. The Morgan fingerprint density at radius 2 is 1.94 bits per heavy atom. The van der Waals surface area contributed by atoms with Gasteiger partial charge < -0.3 is 25.3 Å². The number of benzene rings is 2. The molecule has 3 N–H and O–H groups in total. The van der Waals surface area contributed by atoms with Crippen molar-refractivity contribution in [3.8, 4) is 17.0 Å². The van der Waals surface area contributed by atoms with E-state index in [1.807, 2.05) is 47.4 Å². The maximum atomic E-state index is 13.1. The number of H-pyrrole nitrogens is 1. The number of ether oxygens (including phenoxy) is 1. The number of aromatic nitrogens is 4. The number of fused-ring (bicyclic) bond motifs is 2. The Labute approximate surface area is 203 Å². The summed E-state index contributed by atoms with van der Waals surface area (Å²) in [6.45, 7) is 3.86. The Morgan fingerprint density at radius 1 is 1.09 bits per heavy atom. The number of piperazine rings is 1. The number of carbonyl (C=O) groups excluding carboxylic acids is 1. The highest BCUT2D eigenvalue weighted by atomic mass is 16.5. The number of hydrogen-bond donors (Lipinski definition) is 2. The van der Waals surface area contributed by atoms with Crippen LogP contribution in [0.25, 0.3) is 22.3 Å². The molecule has 1 amide bonds. The fourth-order valence-electron chi connectivity index (χ4n) is 4.81. The predicted octanol–water partition coefficient (Wildman–Crippen LogP) is 2.71. The largest absolute Gasteiger partial charge is 0.493 e. The van der Waals surface area contributed by atoms with Crippen LogP contribution in [0.2, 0.25) is 0 Å². The van der Waals surface area contributed by atoms with E-state index < -0.39 is 0 Å². The fraction of sp³-hybridized carbons (Fsp3) is 0.308. The van der Waals surface area contributed by atoms with Gasteiger partial charge in [0.05, 0.1) is 29.3 Å². The van der Waals surface area contributed by atoms with Crippen molar-refractivity contribution in [1.29, 1.82) is 0 Å². The molecule has 0 aliphatic carbocycles. The zero-order valence-electron chi connectivity index (χ0n) is 19.6. The van der Waals surface area contributed by atoms with Crippen molar-refractivity contribution in [2.75, 3.05) is 45.6 Å². The molecule has 4 aromatic rings. The van der Waals surface area contributed by atoms with Gasteiger partial charge in [0.1, 0.15) is 11.6 Å². The molecule has 0 bridgehead atoms. The first kappa shape index (κ1) is 21.5. The number of aromatic amines is 1. The quantitative estimate of drug-likeness (QED) is 0.474. The van der Waals surface area contributed by atoms with Gasteiger partial charge in [0.15, 0.2) is 0 Å². The Kier molecular flexibility index (Phi) is 5.33. The Morgan fingerprint density at radius 3 is 2.77 bits per heavy atom. The van der Waals surface area contributed by atoms with E-state index in [4.69, 9.17) is 15.5 Å². The summed E-state index contributed by atoms with van der Waals surface area (Å²) in [5.74, 6) is 2.12. The highest BCUT2D eigenvalue weighted by Crippen LogP contribution is 2.33. The number of anilines is 1. The van der Waals surface area contributed by atoms with Gasteiger partial charge in [-0.15, -0.1) is 0 Å². The van der Waals surface area contributed by atoms with E-state index in [2.05, 4.69) is 26.9 Å². The standard InChI is InChI=1S/C26H27N7O2/c1-32-8-10-33(11-9-32)25(34)17-3-5-23-18(12-17)13-19(15-35-23)24-29-21-4-2-16(14-22(21)30-24)20-6-7-28-26(27)31-20/h2-7,12,14,19H,8-11,13,15H2,1H3,(H,29,30)(H2,27,28,31). The van der Waals surface area contributed by atoms with Crippen LogP contribution in [0.3, 0.4) is 0 Å². The van der Waals surface area contributed by atoms with Gasteiger partial charge in [0.25, 0.3) is 5.91 Å². The lowest BCUT2D eigenvalue weighted by molar-refractivity contribution is 0.0664. The zero-order valence-corrected chi connectivity index (χ0v) is 19.6. The normalized spacial score (nSPS) is 18.3. The van der Waals surface area contributed by atoms with E-state index in [0.717, 1.165) is 77.6 Å². The van der Waals surface area contributed by atoms with Gasteiger partial charge in [-0.1, -0.05) is 6.07 Å². The molecule has 0 spiro atoms. The van der Waals surface area contributed by atoms with Crippen molar-refractivity contribution in [2.45, 2.75) is 12.3 Å². The maximum absolute atomic E-state index is 13.1. The highest BCUT2D eigenvalue weighted by molar-refractivity contribution is 5.94. The van der Waals surface area contributed by atoms with Gasteiger partial charge in [-0.2, -0.15) is 0 Å². The first-order valence-electron chi connectivity index (χ1n) is 11.9. The summed E-state index contributed by atoms with van der Waals surface area (Å²) in [5, 5.41) is 0. The van der Waals surface area contributed by atoms with Gasteiger partial charge in [0, 0.05) is 43.5 Å². The van der Waals surface area contributed by atoms with E-state index in [0.29, 0.717) is 6.61 Å². The zero-order chi connectivity index (χ0) is 23.9. The van der Waals surface area contributed by atoms with Crippen molar-refractivity contribution in [1.82, 2.24) is 29.7 Å². The molecule has 2 aromatic heterocycles. The number of imidazole rings is 1. The van der Waals surface area contributed by atoms with Crippen LogP contribution in [0, 0.1) is 0 Å². The second-order valence-corrected chi connectivity index (χ2v) is 9.28. The summed E-state index contributed by atoms with van der Waals surface area (Å²) in [4.78, 5) is 33.8. The molecule has 1 atom stereocenters. The smallest absolute Gasteiger partial charge is 0.253 e. The minimum Gasteiger partial charge on any atom is -0.493 e. The molecular formula is C26H27N7O2. The van der Waals surface area contributed by atoms with E-state index in [1.54, 1.807) is 6.20 Å². The van der Waals surface area contributed by atoms with Crippen LogP contribution in [-0.4, -0.2) is 75.5 Å². The summed E-state index contributed by atoms with van der Waals surface area (Å²) in [6, 6.07) is 13.6. The van der Waals surface area contributed by atoms with Crippen LogP contribution >= 0.6 is 0 Å². The Bertz CT molecular complexity index is 1410. The van der Waals surface area contributed by atoms with Crippen LogP contribution in [0.1, 0.15) is 27.7 Å². The molecule has 2 aromatic carbocycles. The number of amides is 1. The third-order valence-corrected chi connectivity index (χ3v) is 6.86. The lowest BCUT2D eigenvalue weighted by Gasteiger charge is -2.32. The van der Waals surface area contributed by atoms with Gasteiger partial charge in [-0.25, -0.2) is 15.0 Å². The SMILES string of the molecule is CN1CCN(C(=O)c2ccc3c(c2)CC(c2nc4ccc(-c5ccnc(N)n5)cc4[nH]2)CO3)CC1. The van der Waals surface area contributed by atoms with Crippen LogP contribution < -0.4 is 10.5 Å². The lowest BCUT2D eigenvalue weighted by Crippen LogP contribution is -2.47. The van der Waals surface area contributed by atoms with E-state index in [1.165, 1.54) is 0 Å². The summed E-state index contributed by atoms with van der Waals surface area (Å²) >= 11 is 0. The van der Waals surface area contributed by atoms with Gasteiger partial charge in [0.2, 0.25) is 5.95 Å². The minimum atomic E-state index is 0.0713. The monoisotopic (exact) mass is 469 g/mol. The van der Waals surface area contributed by atoms with Crippen LogP contribution in [0.15, 0.2) is 48.7 Å². The van der Waals surface area contributed by atoms with E-state index >= 15 is 0 Å². The van der Waals surface area contributed by atoms with Crippen molar-refractivity contribution in [3.05, 3.63) is 65.6 Å². The van der Waals surface area contributed by atoms with Crippen LogP contribution in [0.5, 0.6) is 5.75 Å². The molecule has 4 heterocycles. The number of nitrogens with zero attached hydrogens (tertiary/aromatic N) is 5.